The summed E-state index contributed by atoms with van der Waals surface area (Å²) in [4.78, 5) is 11.0. The Bertz CT molecular complexity index is 177. The molecule has 0 saturated carbocycles. The van der Waals surface area contributed by atoms with Gasteiger partial charge in [-0.3, -0.25) is 0 Å². The summed E-state index contributed by atoms with van der Waals surface area (Å²) in [5, 5.41) is 0. The van der Waals surface area contributed by atoms with Crippen LogP contribution in [-0.2, 0) is 12.6 Å². The van der Waals surface area contributed by atoms with Crippen molar-refractivity contribution < 1.29 is 12.6 Å². The second-order valence-corrected chi connectivity index (χ2v) is 2.93. The molecule has 3 radical (unpaired) electrons. The molecule has 0 aliphatic rings. The molecule has 0 spiro atoms. The number of allylic oxidation sites excluding steroid dienone is 1. The summed E-state index contributed by atoms with van der Waals surface area (Å²) in [7, 11) is 1.59. The van der Waals surface area contributed by atoms with Crippen molar-refractivity contribution in [3.8, 4) is 0 Å². The van der Waals surface area contributed by atoms with Gasteiger partial charge in [0.1, 0.15) is 0 Å². The van der Waals surface area contributed by atoms with E-state index in [0.29, 0.717) is 12.2 Å². The first kappa shape index (κ1) is 12.0. The molecule has 1 unspecified atom stereocenters. The van der Waals surface area contributed by atoms with Crippen LogP contribution in [0.4, 0.5) is 0 Å². The van der Waals surface area contributed by atoms with Gasteiger partial charge in [0, 0.05) is 0 Å². The Labute approximate surface area is 86.8 Å². The van der Waals surface area contributed by atoms with Crippen LogP contribution >= 0.6 is 0 Å². The molecule has 0 fully saturated rings. The van der Waals surface area contributed by atoms with Crippen molar-refractivity contribution >= 4 is 28.7 Å². The average Bonchev–Trinajstić information content (AvgIpc) is 2.12. The zero-order valence-corrected chi connectivity index (χ0v) is 10.4. The first-order valence-electron chi connectivity index (χ1n) is 3.76. The summed E-state index contributed by atoms with van der Waals surface area (Å²) in [6.45, 7) is 3.66. The van der Waals surface area contributed by atoms with E-state index in [0.717, 1.165) is 22.9 Å². The van der Waals surface area contributed by atoms with Crippen molar-refractivity contribution in [1.29, 1.82) is 0 Å². The number of carbonyl (C=O) groups excluding carboxylic acids is 1. The standard InChI is InChI=1S/C8H14O3.Sn/c1-4-7(9)5-8(10)6(2)11-3;/h5-6,10H,4H2,1-3H3;/q;+1/p-1. The van der Waals surface area contributed by atoms with Crippen molar-refractivity contribution in [3.63, 3.8) is 0 Å². The summed E-state index contributed by atoms with van der Waals surface area (Å²) in [5.41, 5.74) is 0. The summed E-state index contributed by atoms with van der Waals surface area (Å²) in [6.07, 6.45) is 1.86. The average molecular weight is 276 g/mol. The van der Waals surface area contributed by atoms with Crippen LogP contribution in [0.1, 0.15) is 20.3 Å². The molecular weight excluding hydrogens is 263 g/mol. The van der Waals surface area contributed by atoms with E-state index in [2.05, 4.69) is 0 Å². The molecule has 0 saturated heterocycles. The van der Waals surface area contributed by atoms with E-state index >= 15 is 0 Å². The van der Waals surface area contributed by atoms with Gasteiger partial charge in [0.2, 0.25) is 0 Å². The zero-order chi connectivity index (χ0) is 9.56. The number of ether oxygens (including phenoxy) is 1. The van der Waals surface area contributed by atoms with Crippen LogP contribution in [0.25, 0.3) is 0 Å². The summed E-state index contributed by atoms with van der Waals surface area (Å²) >= 11 is 0.916. The predicted octanol–water partition coefficient (Wildman–Crippen LogP) is 0.984. The van der Waals surface area contributed by atoms with Crippen molar-refractivity contribution in [2.24, 2.45) is 0 Å². The molecule has 4 heteroatoms. The minimum absolute atomic E-state index is 0.0660. The number of hydrogen-bond acceptors (Lipinski definition) is 3. The van der Waals surface area contributed by atoms with Gasteiger partial charge in [0.15, 0.2) is 0 Å². The van der Waals surface area contributed by atoms with Crippen LogP contribution < -0.4 is 0 Å². The molecule has 0 aliphatic heterocycles. The van der Waals surface area contributed by atoms with E-state index in [9.17, 15) is 4.79 Å². The van der Waals surface area contributed by atoms with Crippen LogP contribution in [0, 0.1) is 0 Å². The first-order valence-corrected chi connectivity index (χ1v) is 4.93. The number of hydrogen-bond donors (Lipinski definition) is 0. The van der Waals surface area contributed by atoms with E-state index in [1.54, 1.807) is 7.11 Å². The molecule has 12 heavy (non-hydrogen) atoms. The van der Waals surface area contributed by atoms with Gasteiger partial charge in [0.25, 0.3) is 0 Å². The third kappa shape index (κ3) is 4.11. The Morgan fingerprint density at radius 1 is 1.67 bits per heavy atom. The van der Waals surface area contributed by atoms with E-state index in [1.807, 2.05) is 13.8 Å². The number of carbonyl (C=O) groups is 1. The molecule has 3 nitrogen and oxygen atoms in total. The molecule has 1 atom stereocenters. The molecule has 67 valence electrons. The normalized spacial score (nSPS) is 14.2. The molecule has 0 amide bonds. The van der Waals surface area contributed by atoms with Gasteiger partial charge in [0.05, 0.1) is 0 Å². The second kappa shape index (κ2) is 6.48. The van der Waals surface area contributed by atoms with Crippen LogP contribution in [0.5, 0.6) is 0 Å². The predicted molar refractivity (Wildman–Crippen MR) is 46.7 cm³/mol. The third-order valence-electron chi connectivity index (χ3n) is 1.52. The number of ketones is 1. The molecule has 0 heterocycles. The molecule has 0 aromatic rings. The Balaban J connectivity index is 4.31. The number of rotatable bonds is 5. The van der Waals surface area contributed by atoms with Crippen LogP contribution in [0.3, 0.4) is 0 Å². The molecule has 0 N–H and O–H groups in total. The van der Waals surface area contributed by atoms with E-state index in [-0.39, 0.29) is 11.9 Å². The van der Waals surface area contributed by atoms with Gasteiger partial charge < -0.3 is 0 Å². The van der Waals surface area contributed by atoms with Gasteiger partial charge in [-0.15, -0.1) is 0 Å². The molecular formula is C8H13O3Sn. The fourth-order valence-electron chi connectivity index (χ4n) is 0.607. The Morgan fingerprint density at radius 3 is 2.58 bits per heavy atom. The van der Waals surface area contributed by atoms with Gasteiger partial charge in [-0.2, -0.15) is 0 Å². The topological polar surface area (TPSA) is 35.5 Å². The van der Waals surface area contributed by atoms with Gasteiger partial charge in [-0.05, 0) is 0 Å². The summed E-state index contributed by atoms with van der Waals surface area (Å²) < 4.78 is 10.1. The van der Waals surface area contributed by atoms with E-state index in [1.165, 1.54) is 6.08 Å². The Hall–Kier alpha value is -0.0313. The first-order chi connectivity index (χ1) is 5.65. The molecule has 0 aromatic carbocycles. The fourth-order valence-corrected chi connectivity index (χ4v) is 1.25. The molecule has 0 aliphatic carbocycles. The van der Waals surface area contributed by atoms with Gasteiger partial charge in [-0.25, -0.2) is 0 Å². The number of methoxy groups -OCH3 is 1. The minimum atomic E-state index is -0.139. The zero-order valence-electron chi connectivity index (χ0n) is 7.59. The Morgan fingerprint density at radius 2 is 2.25 bits per heavy atom. The van der Waals surface area contributed by atoms with Gasteiger partial charge >= 0.3 is 86.6 Å². The molecule has 0 bridgehead atoms. The maximum absolute atomic E-state index is 11.0. The van der Waals surface area contributed by atoms with Crippen LogP contribution in [0.15, 0.2) is 11.8 Å². The SMILES string of the molecule is CCC(=O)C=C([O][Sn])C(C)OC. The molecule has 0 aromatic heterocycles. The molecule has 0 rings (SSSR count). The van der Waals surface area contributed by atoms with Crippen molar-refractivity contribution in [2.45, 2.75) is 26.4 Å². The van der Waals surface area contributed by atoms with Crippen molar-refractivity contribution in [2.75, 3.05) is 7.11 Å². The summed E-state index contributed by atoms with van der Waals surface area (Å²) in [6, 6.07) is 0. The van der Waals surface area contributed by atoms with Crippen molar-refractivity contribution in [1.82, 2.24) is 0 Å². The van der Waals surface area contributed by atoms with Crippen LogP contribution in [0.2, 0.25) is 0 Å². The van der Waals surface area contributed by atoms with E-state index in [4.69, 9.17) is 7.81 Å². The van der Waals surface area contributed by atoms with E-state index < -0.39 is 0 Å². The maximum atomic E-state index is 11.0. The van der Waals surface area contributed by atoms with Crippen LogP contribution in [-0.4, -0.2) is 41.9 Å². The fraction of sp³-hybridized carbons (Fsp3) is 0.625. The van der Waals surface area contributed by atoms with Gasteiger partial charge in [-0.1, -0.05) is 0 Å². The quantitative estimate of drug-likeness (QED) is 0.426. The second-order valence-electron chi connectivity index (χ2n) is 2.35. The monoisotopic (exact) mass is 277 g/mol. The van der Waals surface area contributed by atoms with Crippen molar-refractivity contribution in [3.05, 3.63) is 11.8 Å². The Kier molecular flexibility index (Phi) is 6.46. The third-order valence-corrected chi connectivity index (χ3v) is 2.20. The summed E-state index contributed by atoms with van der Waals surface area (Å²) in [5.74, 6) is 0.679.